The van der Waals surface area contributed by atoms with Crippen LogP contribution in [0, 0.1) is 0 Å². The molecule has 1 unspecified atom stereocenters. The third kappa shape index (κ3) is 5.39. The lowest BCUT2D eigenvalue weighted by molar-refractivity contribution is 0.660. The van der Waals surface area contributed by atoms with Crippen LogP contribution in [0.4, 0.5) is 17.1 Å². The van der Waals surface area contributed by atoms with Crippen molar-refractivity contribution in [3.63, 3.8) is 0 Å². The maximum absolute atomic E-state index is 2.47. The highest BCUT2D eigenvalue weighted by molar-refractivity contribution is 6.04. The summed E-state index contributed by atoms with van der Waals surface area (Å²) in [7, 11) is 0. The molecule has 4 aliphatic carbocycles. The lowest BCUT2D eigenvalue weighted by Crippen LogP contribution is -2.30. The quantitative estimate of drug-likeness (QED) is 0.167. The molecule has 4 aliphatic rings. The van der Waals surface area contributed by atoms with Crippen molar-refractivity contribution in [3.8, 4) is 44.5 Å². The van der Waals surface area contributed by atoms with E-state index in [0.29, 0.717) is 0 Å². The van der Waals surface area contributed by atoms with Crippen LogP contribution in [0.2, 0.25) is 0 Å². The van der Waals surface area contributed by atoms with Gasteiger partial charge in [0.15, 0.2) is 0 Å². The van der Waals surface area contributed by atoms with Gasteiger partial charge in [-0.25, -0.2) is 0 Å². The first-order valence-electron chi connectivity index (χ1n) is 23.2. The summed E-state index contributed by atoms with van der Waals surface area (Å²) in [6.45, 7) is 4.74. The number of hydrogen-bond donors (Lipinski definition) is 0. The highest BCUT2D eigenvalue weighted by atomic mass is 15.1. The molecule has 9 aromatic carbocycles. The van der Waals surface area contributed by atoms with Gasteiger partial charge >= 0.3 is 0 Å². The summed E-state index contributed by atoms with van der Waals surface area (Å²) >= 11 is 0. The van der Waals surface area contributed by atoms with Gasteiger partial charge in [-0.05, 0) is 138 Å². The molecule has 0 saturated carbocycles. The van der Waals surface area contributed by atoms with E-state index in [1.165, 1.54) is 100 Å². The predicted octanol–water partition coefficient (Wildman–Crippen LogP) is 16.7. The minimum absolute atomic E-state index is 0.123. The van der Waals surface area contributed by atoms with Gasteiger partial charge in [0.2, 0.25) is 0 Å². The first-order valence-corrected chi connectivity index (χ1v) is 23.2. The second-order valence-electron chi connectivity index (χ2n) is 18.6. The number of nitrogens with zero attached hydrogens (tertiary/aromatic N) is 1. The number of fused-ring (bicyclic) bond motifs is 14. The topological polar surface area (TPSA) is 3.24 Å². The number of para-hydroxylation sites is 1. The minimum atomic E-state index is -0.487. The molecule has 0 heterocycles. The second kappa shape index (κ2) is 14.4. The van der Waals surface area contributed by atoms with Crippen LogP contribution >= 0.6 is 0 Å². The Morgan fingerprint density at radius 2 is 0.923 bits per heavy atom. The van der Waals surface area contributed by atoms with Crippen molar-refractivity contribution in [1.29, 1.82) is 0 Å². The van der Waals surface area contributed by atoms with Gasteiger partial charge < -0.3 is 4.90 Å². The third-order valence-electron chi connectivity index (χ3n) is 15.0. The molecule has 1 spiro atoms. The molecule has 0 fully saturated rings. The average Bonchev–Trinajstić information content (AvgIpc) is 3.75. The molecular weight excluding hydrogens is 783 g/mol. The van der Waals surface area contributed by atoms with Gasteiger partial charge in [0.05, 0.1) is 11.1 Å². The Hall–Kier alpha value is -7.74. The van der Waals surface area contributed by atoms with Crippen molar-refractivity contribution in [3.05, 3.63) is 269 Å². The zero-order valence-corrected chi connectivity index (χ0v) is 36.7. The van der Waals surface area contributed by atoms with Crippen LogP contribution in [-0.4, -0.2) is 0 Å². The normalized spacial score (nSPS) is 16.7. The van der Waals surface area contributed by atoms with Crippen LogP contribution in [0.1, 0.15) is 71.2 Å². The number of rotatable bonds is 5. The molecule has 0 aliphatic heterocycles. The molecule has 1 atom stereocenters. The average molecular weight is 830 g/mol. The standard InChI is InChI=1S/C64H47N/c1-63(2)55-29-13-8-26-52(55)53-40-39-45(41-60(53)63)65(61-34-17-12-21-46(61)42-19-4-3-5-20-42)44-37-35-43(36-38-44)47-28-18-33-59-62(47)54-27-11-16-32-58(54)64(59)56-30-14-9-24-50(56)48-22-6-7-23-49(48)51-25-10-15-31-57(51)64/h3-6,8-22,24-41H,7,23H2,1-2H3. The van der Waals surface area contributed by atoms with E-state index in [0.717, 1.165) is 29.9 Å². The number of allylic oxidation sites excluding steroid dienone is 4. The number of anilines is 3. The van der Waals surface area contributed by atoms with Crippen molar-refractivity contribution in [2.24, 2.45) is 0 Å². The van der Waals surface area contributed by atoms with E-state index >= 15 is 0 Å². The first kappa shape index (κ1) is 37.8. The Morgan fingerprint density at radius 3 is 1.69 bits per heavy atom. The van der Waals surface area contributed by atoms with Crippen molar-refractivity contribution < 1.29 is 0 Å². The Kier molecular flexibility index (Phi) is 8.37. The van der Waals surface area contributed by atoms with Crippen molar-refractivity contribution in [2.45, 2.75) is 37.5 Å². The molecule has 308 valence electrons. The van der Waals surface area contributed by atoms with Crippen LogP contribution in [0.3, 0.4) is 0 Å². The Morgan fingerprint density at radius 1 is 0.385 bits per heavy atom. The van der Waals surface area contributed by atoms with Gasteiger partial charge in [0, 0.05) is 22.4 Å². The van der Waals surface area contributed by atoms with Gasteiger partial charge in [-0.1, -0.05) is 208 Å². The van der Waals surface area contributed by atoms with E-state index in [2.05, 4.69) is 243 Å². The van der Waals surface area contributed by atoms with Crippen molar-refractivity contribution in [1.82, 2.24) is 0 Å². The van der Waals surface area contributed by atoms with E-state index in [9.17, 15) is 0 Å². The monoisotopic (exact) mass is 829 g/mol. The smallest absolute Gasteiger partial charge is 0.0725 e. The lowest BCUT2D eigenvalue weighted by Gasteiger charge is -2.35. The van der Waals surface area contributed by atoms with Crippen LogP contribution in [0.15, 0.2) is 224 Å². The zero-order chi connectivity index (χ0) is 43.3. The molecule has 0 aromatic heterocycles. The Bertz CT molecular complexity index is 3450. The maximum atomic E-state index is 2.47. The molecular formula is C64H47N. The highest BCUT2D eigenvalue weighted by Crippen LogP contribution is 2.62. The number of hydrogen-bond acceptors (Lipinski definition) is 1. The summed E-state index contributed by atoms with van der Waals surface area (Å²) < 4.78 is 0. The molecule has 9 aromatic rings. The summed E-state index contributed by atoms with van der Waals surface area (Å²) in [6.07, 6.45) is 6.85. The summed E-state index contributed by atoms with van der Waals surface area (Å²) in [5.74, 6) is 0. The molecule has 13 rings (SSSR count). The van der Waals surface area contributed by atoms with Crippen LogP contribution in [0.5, 0.6) is 0 Å². The van der Waals surface area contributed by atoms with Crippen LogP contribution in [0.25, 0.3) is 55.7 Å². The summed E-state index contributed by atoms with van der Waals surface area (Å²) in [5, 5.41) is 0. The molecule has 1 nitrogen and oxygen atoms in total. The SMILES string of the molecule is CC1(C)c2ccccc2-c2ccc(N(c3ccc(-c4cccc5c4-c4ccccc4C54c5ccccc5C5=C(CCC=C5)c5ccccc54)cc3)c3ccccc3-c3ccccc3)cc21. The van der Waals surface area contributed by atoms with Gasteiger partial charge in [0.25, 0.3) is 0 Å². The van der Waals surface area contributed by atoms with Gasteiger partial charge in [0.1, 0.15) is 0 Å². The largest absolute Gasteiger partial charge is 0.310 e. The molecule has 0 radical (unpaired) electrons. The fourth-order valence-electron chi connectivity index (χ4n) is 12.2. The molecule has 1 heteroatoms. The summed E-state index contributed by atoms with van der Waals surface area (Å²) in [4.78, 5) is 2.47. The molecule has 65 heavy (non-hydrogen) atoms. The summed E-state index contributed by atoms with van der Waals surface area (Å²) in [5.41, 5.74) is 26.6. The molecule has 0 amide bonds. The highest BCUT2D eigenvalue weighted by Gasteiger charge is 2.50. The van der Waals surface area contributed by atoms with Crippen molar-refractivity contribution in [2.75, 3.05) is 4.90 Å². The predicted molar refractivity (Wildman–Crippen MR) is 272 cm³/mol. The third-order valence-corrected chi connectivity index (χ3v) is 15.0. The van der Waals surface area contributed by atoms with E-state index in [1.807, 2.05) is 0 Å². The first-order chi connectivity index (χ1) is 32.0. The van der Waals surface area contributed by atoms with Gasteiger partial charge in [-0.2, -0.15) is 0 Å². The van der Waals surface area contributed by atoms with E-state index < -0.39 is 5.41 Å². The molecule has 0 N–H and O–H groups in total. The van der Waals surface area contributed by atoms with Crippen LogP contribution in [-0.2, 0) is 10.8 Å². The van der Waals surface area contributed by atoms with E-state index in [-0.39, 0.29) is 5.41 Å². The van der Waals surface area contributed by atoms with E-state index in [4.69, 9.17) is 0 Å². The van der Waals surface area contributed by atoms with Crippen LogP contribution < -0.4 is 4.90 Å². The van der Waals surface area contributed by atoms with Gasteiger partial charge in [-0.3, -0.25) is 0 Å². The van der Waals surface area contributed by atoms with E-state index in [1.54, 1.807) is 0 Å². The van der Waals surface area contributed by atoms with Crippen molar-refractivity contribution >= 4 is 28.2 Å². The number of benzene rings is 9. The summed E-state index contributed by atoms with van der Waals surface area (Å²) in [6, 6.07) is 79.8. The second-order valence-corrected chi connectivity index (χ2v) is 18.6. The Labute approximate surface area is 382 Å². The minimum Gasteiger partial charge on any atom is -0.310 e. The molecule has 0 bridgehead atoms. The Balaban J connectivity index is 1.00. The van der Waals surface area contributed by atoms with Gasteiger partial charge in [-0.15, -0.1) is 0 Å². The fourth-order valence-corrected chi connectivity index (χ4v) is 12.2. The maximum Gasteiger partial charge on any atom is 0.0725 e. The fraction of sp³-hybridized carbons (Fsp3) is 0.0938. The molecule has 0 saturated heterocycles. The lowest BCUT2D eigenvalue weighted by atomic mass is 9.65. The zero-order valence-electron chi connectivity index (χ0n) is 36.7.